The number of carboxylic acids is 1. The van der Waals surface area contributed by atoms with Gasteiger partial charge < -0.3 is 25.8 Å². The van der Waals surface area contributed by atoms with Crippen LogP contribution in [0.15, 0.2) is 0 Å². The zero-order valence-electron chi connectivity index (χ0n) is 11.9. The fourth-order valence-corrected chi connectivity index (χ4v) is 3.78. The summed E-state index contributed by atoms with van der Waals surface area (Å²) in [6, 6.07) is 0. The van der Waals surface area contributed by atoms with E-state index in [1.54, 1.807) is 0 Å². The number of carbonyl (C=O) groups excluding carboxylic acids is 1. The van der Waals surface area contributed by atoms with Crippen LogP contribution in [0.25, 0.3) is 0 Å². The van der Waals surface area contributed by atoms with Crippen LogP contribution in [0, 0.1) is 5.41 Å². The number of nitrogens with one attached hydrogen (secondary N) is 1. The van der Waals surface area contributed by atoms with Gasteiger partial charge in [0.2, 0.25) is 5.91 Å². The SMILES string of the molecule is NCC(=O)N1C[C@@]2(CCCB(O)O)CCN[C@@]2(C(=O)O)C1. The summed E-state index contributed by atoms with van der Waals surface area (Å²) in [5.41, 5.74) is 3.65. The van der Waals surface area contributed by atoms with Crippen molar-refractivity contribution >= 4 is 19.0 Å². The highest BCUT2D eigenvalue weighted by molar-refractivity contribution is 6.40. The van der Waals surface area contributed by atoms with Crippen molar-refractivity contribution in [2.24, 2.45) is 11.1 Å². The maximum Gasteiger partial charge on any atom is 0.451 e. The van der Waals surface area contributed by atoms with Gasteiger partial charge in [0.15, 0.2) is 0 Å². The van der Waals surface area contributed by atoms with Crippen molar-refractivity contribution in [3.63, 3.8) is 0 Å². The predicted molar refractivity (Wildman–Crippen MR) is 75.3 cm³/mol. The molecule has 0 bridgehead atoms. The van der Waals surface area contributed by atoms with Gasteiger partial charge in [-0.15, -0.1) is 0 Å². The van der Waals surface area contributed by atoms with E-state index in [0.717, 1.165) is 0 Å². The summed E-state index contributed by atoms with van der Waals surface area (Å²) in [6.45, 7) is 0.906. The molecule has 9 heteroatoms. The van der Waals surface area contributed by atoms with Crippen molar-refractivity contribution in [2.45, 2.75) is 31.1 Å². The lowest BCUT2D eigenvalue weighted by Crippen LogP contribution is -2.58. The third-order valence-corrected chi connectivity index (χ3v) is 4.87. The van der Waals surface area contributed by atoms with Crippen LogP contribution in [-0.2, 0) is 9.59 Å². The fraction of sp³-hybridized carbons (Fsp3) is 0.833. The Labute approximate surface area is 123 Å². The minimum atomic E-state index is -1.39. The summed E-state index contributed by atoms with van der Waals surface area (Å²) in [7, 11) is -1.39. The van der Waals surface area contributed by atoms with Gasteiger partial charge in [0, 0.05) is 12.0 Å². The number of hydrogen-bond donors (Lipinski definition) is 5. The minimum absolute atomic E-state index is 0.111. The highest BCUT2D eigenvalue weighted by Crippen LogP contribution is 2.49. The maximum atomic E-state index is 11.8. The van der Waals surface area contributed by atoms with Crippen molar-refractivity contribution < 1.29 is 24.7 Å². The van der Waals surface area contributed by atoms with Crippen LogP contribution >= 0.6 is 0 Å². The zero-order valence-corrected chi connectivity index (χ0v) is 11.9. The largest absolute Gasteiger partial charge is 0.480 e. The third-order valence-electron chi connectivity index (χ3n) is 4.87. The van der Waals surface area contributed by atoms with Gasteiger partial charge >= 0.3 is 13.1 Å². The molecule has 2 heterocycles. The smallest absolute Gasteiger partial charge is 0.451 e. The van der Waals surface area contributed by atoms with Gasteiger partial charge in [-0.05, 0) is 25.7 Å². The van der Waals surface area contributed by atoms with Crippen LogP contribution < -0.4 is 11.1 Å². The monoisotopic (exact) mass is 299 g/mol. The highest BCUT2D eigenvalue weighted by atomic mass is 16.4. The van der Waals surface area contributed by atoms with Crippen molar-refractivity contribution in [3.05, 3.63) is 0 Å². The molecule has 2 fully saturated rings. The topological polar surface area (TPSA) is 136 Å². The van der Waals surface area contributed by atoms with Crippen molar-refractivity contribution in [1.82, 2.24) is 10.2 Å². The maximum absolute atomic E-state index is 11.8. The van der Waals surface area contributed by atoms with E-state index >= 15 is 0 Å². The summed E-state index contributed by atoms with van der Waals surface area (Å²) in [6.07, 6.45) is 1.87. The van der Waals surface area contributed by atoms with E-state index in [1.807, 2.05) is 0 Å². The van der Waals surface area contributed by atoms with Crippen LogP contribution in [-0.4, -0.2) is 70.8 Å². The minimum Gasteiger partial charge on any atom is -0.480 e. The van der Waals surface area contributed by atoms with Gasteiger partial charge in [0.25, 0.3) is 0 Å². The van der Waals surface area contributed by atoms with E-state index in [0.29, 0.717) is 32.4 Å². The van der Waals surface area contributed by atoms with Gasteiger partial charge in [-0.25, -0.2) is 0 Å². The molecule has 6 N–H and O–H groups in total. The first-order valence-electron chi connectivity index (χ1n) is 7.19. The Morgan fingerprint density at radius 3 is 2.62 bits per heavy atom. The second-order valence-electron chi connectivity index (χ2n) is 5.99. The molecule has 2 saturated heterocycles. The Morgan fingerprint density at radius 1 is 1.33 bits per heavy atom. The quantitative estimate of drug-likeness (QED) is 0.352. The fourth-order valence-electron chi connectivity index (χ4n) is 3.78. The molecule has 0 aromatic carbocycles. The number of nitrogens with two attached hydrogens (primary N) is 1. The molecule has 2 atom stereocenters. The molecule has 0 saturated carbocycles. The van der Waals surface area contributed by atoms with Crippen LogP contribution in [0.5, 0.6) is 0 Å². The van der Waals surface area contributed by atoms with E-state index in [2.05, 4.69) is 5.32 Å². The van der Waals surface area contributed by atoms with E-state index in [9.17, 15) is 14.7 Å². The first-order valence-corrected chi connectivity index (χ1v) is 7.19. The lowest BCUT2D eigenvalue weighted by molar-refractivity contribution is -0.147. The Hall–Kier alpha value is -1.16. The zero-order chi connectivity index (χ0) is 15.7. The molecule has 2 rings (SSSR count). The van der Waals surface area contributed by atoms with Crippen LogP contribution in [0.2, 0.25) is 6.32 Å². The molecular formula is C12H22BN3O5. The lowest BCUT2D eigenvalue weighted by Gasteiger charge is -2.35. The van der Waals surface area contributed by atoms with E-state index in [1.165, 1.54) is 4.90 Å². The number of fused-ring (bicyclic) bond motifs is 1. The molecular weight excluding hydrogens is 277 g/mol. The average Bonchev–Trinajstić information content (AvgIpc) is 2.90. The number of hydrogen-bond acceptors (Lipinski definition) is 6. The molecule has 0 aromatic rings. The average molecular weight is 299 g/mol. The Bertz CT molecular complexity index is 435. The number of likely N-dealkylation sites (tertiary alicyclic amines) is 1. The molecule has 0 unspecified atom stereocenters. The van der Waals surface area contributed by atoms with E-state index < -0.39 is 24.0 Å². The van der Waals surface area contributed by atoms with Crippen molar-refractivity contribution in [1.29, 1.82) is 0 Å². The Morgan fingerprint density at radius 2 is 2.05 bits per heavy atom. The molecule has 8 nitrogen and oxygen atoms in total. The molecule has 0 radical (unpaired) electrons. The molecule has 21 heavy (non-hydrogen) atoms. The molecule has 0 aromatic heterocycles. The predicted octanol–water partition coefficient (Wildman–Crippen LogP) is -2.16. The molecule has 0 spiro atoms. The van der Waals surface area contributed by atoms with Crippen LogP contribution in [0.3, 0.4) is 0 Å². The second kappa shape index (κ2) is 5.92. The number of aliphatic carboxylic acids is 1. The number of amides is 1. The second-order valence-corrected chi connectivity index (χ2v) is 5.99. The van der Waals surface area contributed by atoms with Crippen LogP contribution in [0.4, 0.5) is 0 Å². The van der Waals surface area contributed by atoms with Gasteiger partial charge in [0.1, 0.15) is 5.54 Å². The molecule has 1 amide bonds. The summed E-state index contributed by atoms with van der Waals surface area (Å²) < 4.78 is 0. The van der Waals surface area contributed by atoms with Crippen LogP contribution in [0.1, 0.15) is 19.3 Å². The lowest BCUT2D eigenvalue weighted by atomic mass is 9.68. The van der Waals surface area contributed by atoms with Gasteiger partial charge in [0.05, 0.1) is 13.1 Å². The summed E-state index contributed by atoms with van der Waals surface area (Å²) in [4.78, 5) is 25.2. The third kappa shape index (κ3) is 2.66. The molecule has 2 aliphatic heterocycles. The number of rotatable bonds is 6. The first-order chi connectivity index (χ1) is 9.87. The number of carboxylic acid groups (broad SMARTS) is 1. The summed E-state index contributed by atoms with van der Waals surface area (Å²) in [5, 5.41) is 30.7. The Balaban J connectivity index is 2.21. The molecule has 118 valence electrons. The Kier molecular flexibility index (Phi) is 4.57. The van der Waals surface area contributed by atoms with E-state index in [-0.39, 0.29) is 25.3 Å². The molecule has 0 aliphatic carbocycles. The van der Waals surface area contributed by atoms with E-state index in [4.69, 9.17) is 15.8 Å². The van der Waals surface area contributed by atoms with Gasteiger partial charge in [-0.2, -0.15) is 0 Å². The number of carbonyl (C=O) groups is 2. The number of nitrogens with zero attached hydrogens (tertiary/aromatic N) is 1. The summed E-state index contributed by atoms with van der Waals surface area (Å²) in [5.74, 6) is -1.22. The van der Waals surface area contributed by atoms with Crippen molar-refractivity contribution in [3.8, 4) is 0 Å². The molecule has 2 aliphatic rings. The summed E-state index contributed by atoms with van der Waals surface area (Å²) >= 11 is 0. The van der Waals surface area contributed by atoms with Crippen molar-refractivity contribution in [2.75, 3.05) is 26.2 Å². The first kappa shape index (κ1) is 16.2. The van der Waals surface area contributed by atoms with Gasteiger partial charge in [-0.3, -0.25) is 14.9 Å². The highest BCUT2D eigenvalue weighted by Gasteiger charge is 2.65. The van der Waals surface area contributed by atoms with Gasteiger partial charge in [-0.1, -0.05) is 6.42 Å². The standard InChI is InChI=1S/C12H22BN3O5/c14-6-9(17)16-7-11(2-1-4-13(20)21)3-5-15-12(11,8-16)10(18)19/h15,20-21H,1-8,14H2,(H,18,19)/t11-,12-/m1/s1. The normalized spacial score (nSPS) is 31.3.